The molecular weight excluding hydrogens is 302 g/mol. The van der Waals surface area contributed by atoms with Crippen molar-refractivity contribution in [1.82, 2.24) is 0 Å². The highest BCUT2D eigenvalue weighted by atomic mass is 79.9. The minimum absolute atomic E-state index is 0.0748. The van der Waals surface area contributed by atoms with Crippen LogP contribution in [0.2, 0.25) is 0 Å². The summed E-state index contributed by atoms with van der Waals surface area (Å²) in [6.45, 7) is 1.78. The third-order valence-corrected chi connectivity index (χ3v) is 3.74. The summed E-state index contributed by atoms with van der Waals surface area (Å²) >= 11 is 3.28. The number of halogens is 2. The van der Waals surface area contributed by atoms with Crippen molar-refractivity contribution in [3.05, 3.63) is 40.0 Å². The number of aryl methyl sites for hydroxylation is 1. The largest absolute Gasteiger partial charge is 0.403 e. The summed E-state index contributed by atoms with van der Waals surface area (Å²) in [7, 11) is 1.45. The third kappa shape index (κ3) is 2.96. The Morgan fingerprint density at radius 3 is 2.53 bits per heavy atom. The van der Waals surface area contributed by atoms with Gasteiger partial charge in [0.1, 0.15) is 4.91 Å². The van der Waals surface area contributed by atoms with Crippen molar-refractivity contribution in [2.24, 2.45) is 5.73 Å². The number of hydrogen-bond acceptors (Lipinski definition) is 3. The Bertz CT molecular complexity index is 511. The summed E-state index contributed by atoms with van der Waals surface area (Å²) in [5.74, 6) is 0. The average Bonchev–Trinajstić information content (AvgIpc) is 2.07. The van der Waals surface area contributed by atoms with Crippen LogP contribution in [-0.4, -0.2) is 8.42 Å². The van der Waals surface area contributed by atoms with Gasteiger partial charge in [0.25, 0.3) is 9.05 Å². The molecule has 1 aromatic rings. The SMILES string of the molecule is Cc1cc(Br)ccc1/C(=C\N)S(=O)(=O)Cl. The van der Waals surface area contributed by atoms with Crippen LogP contribution in [0.25, 0.3) is 4.91 Å². The molecule has 0 amide bonds. The zero-order valence-electron chi connectivity index (χ0n) is 7.87. The lowest BCUT2D eigenvalue weighted by molar-refractivity contribution is 0.618. The zero-order valence-corrected chi connectivity index (χ0v) is 11.0. The molecule has 1 rings (SSSR count). The topological polar surface area (TPSA) is 60.2 Å². The maximum absolute atomic E-state index is 11.2. The van der Waals surface area contributed by atoms with Crippen LogP contribution in [0, 0.1) is 6.92 Å². The fourth-order valence-corrected chi connectivity index (χ4v) is 2.74. The summed E-state index contributed by atoms with van der Waals surface area (Å²) in [6, 6.07) is 5.17. The molecule has 0 fully saturated rings. The molecule has 0 unspecified atom stereocenters. The normalized spacial score (nSPS) is 12.9. The molecule has 0 aliphatic rings. The summed E-state index contributed by atoms with van der Waals surface area (Å²) in [5, 5.41) is 0. The minimum atomic E-state index is -3.81. The molecule has 0 saturated heterocycles. The molecule has 0 spiro atoms. The van der Waals surface area contributed by atoms with Crippen LogP contribution in [0.15, 0.2) is 28.9 Å². The highest BCUT2D eigenvalue weighted by Crippen LogP contribution is 2.27. The van der Waals surface area contributed by atoms with E-state index in [-0.39, 0.29) is 4.91 Å². The van der Waals surface area contributed by atoms with E-state index in [1.165, 1.54) is 0 Å². The van der Waals surface area contributed by atoms with Gasteiger partial charge in [-0.05, 0) is 30.2 Å². The van der Waals surface area contributed by atoms with Gasteiger partial charge in [0.15, 0.2) is 0 Å². The molecule has 0 saturated carbocycles. The van der Waals surface area contributed by atoms with Gasteiger partial charge in [-0.2, -0.15) is 0 Å². The number of nitrogens with two attached hydrogens (primary N) is 1. The second-order valence-electron chi connectivity index (χ2n) is 2.93. The van der Waals surface area contributed by atoms with Crippen LogP contribution < -0.4 is 5.73 Å². The lowest BCUT2D eigenvalue weighted by atomic mass is 10.1. The van der Waals surface area contributed by atoms with Crippen LogP contribution >= 0.6 is 26.6 Å². The first kappa shape index (κ1) is 12.5. The highest BCUT2D eigenvalue weighted by molar-refractivity contribution is 9.10. The molecule has 82 valence electrons. The van der Waals surface area contributed by atoms with E-state index < -0.39 is 9.05 Å². The quantitative estimate of drug-likeness (QED) is 0.854. The van der Waals surface area contributed by atoms with Gasteiger partial charge in [0.2, 0.25) is 0 Å². The van der Waals surface area contributed by atoms with Crippen LogP contribution in [0.1, 0.15) is 11.1 Å². The van der Waals surface area contributed by atoms with Crippen LogP contribution in [0.3, 0.4) is 0 Å². The van der Waals surface area contributed by atoms with Crippen LogP contribution in [0.5, 0.6) is 0 Å². The Morgan fingerprint density at radius 2 is 2.13 bits per heavy atom. The van der Waals surface area contributed by atoms with Gasteiger partial charge in [0, 0.05) is 21.4 Å². The van der Waals surface area contributed by atoms with Gasteiger partial charge in [-0.15, -0.1) is 0 Å². The smallest absolute Gasteiger partial charge is 0.263 e. The van der Waals surface area contributed by atoms with E-state index >= 15 is 0 Å². The van der Waals surface area contributed by atoms with E-state index in [0.717, 1.165) is 16.2 Å². The van der Waals surface area contributed by atoms with E-state index in [1.807, 2.05) is 0 Å². The Hall–Kier alpha value is -0.520. The van der Waals surface area contributed by atoms with Crippen molar-refractivity contribution < 1.29 is 8.42 Å². The van der Waals surface area contributed by atoms with Gasteiger partial charge in [0.05, 0.1) is 0 Å². The molecule has 15 heavy (non-hydrogen) atoms. The Kier molecular flexibility index (Phi) is 3.81. The lowest BCUT2D eigenvalue weighted by Gasteiger charge is -2.07. The fraction of sp³-hybridized carbons (Fsp3) is 0.111. The lowest BCUT2D eigenvalue weighted by Crippen LogP contribution is -2.00. The molecule has 6 heteroatoms. The summed E-state index contributed by atoms with van der Waals surface area (Å²) in [6.07, 6.45) is 0.999. The molecule has 0 heterocycles. The van der Waals surface area contributed by atoms with Crippen molar-refractivity contribution in [3.63, 3.8) is 0 Å². The van der Waals surface area contributed by atoms with Crippen LogP contribution in [-0.2, 0) is 9.05 Å². The summed E-state index contributed by atoms with van der Waals surface area (Å²) in [5.41, 5.74) is 6.55. The highest BCUT2D eigenvalue weighted by Gasteiger charge is 2.17. The maximum Gasteiger partial charge on any atom is 0.263 e. The van der Waals surface area contributed by atoms with Gasteiger partial charge >= 0.3 is 0 Å². The number of rotatable bonds is 2. The fourth-order valence-electron chi connectivity index (χ4n) is 1.21. The second-order valence-corrected chi connectivity index (χ2v) is 6.38. The van der Waals surface area contributed by atoms with Crippen molar-refractivity contribution in [1.29, 1.82) is 0 Å². The predicted molar refractivity (Wildman–Crippen MR) is 65.8 cm³/mol. The standard InChI is InChI=1S/C9H9BrClNO2S/c1-6-4-7(10)2-3-8(6)9(5-12)15(11,13)14/h2-5H,12H2,1H3/b9-5+. The van der Waals surface area contributed by atoms with Gasteiger partial charge in [-0.25, -0.2) is 8.42 Å². The molecule has 0 atom stereocenters. The Morgan fingerprint density at radius 1 is 1.53 bits per heavy atom. The number of benzene rings is 1. The van der Waals surface area contributed by atoms with E-state index in [2.05, 4.69) is 15.9 Å². The van der Waals surface area contributed by atoms with Crippen molar-refractivity contribution in [3.8, 4) is 0 Å². The molecule has 2 N–H and O–H groups in total. The third-order valence-electron chi connectivity index (χ3n) is 1.87. The van der Waals surface area contributed by atoms with Gasteiger partial charge in [-0.3, -0.25) is 0 Å². The molecule has 0 aliphatic carbocycles. The zero-order chi connectivity index (χ0) is 11.6. The van der Waals surface area contributed by atoms with Crippen molar-refractivity contribution in [2.45, 2.75) is 6.92 Å². The first-order chi connectivity index (χ1) is 6.86. The monoisotopic (exact) mass is 309 g/mol. The van der Waals surface area contributed by atoms with E-state index in [4.69, 9.17) is 16.4 Å². The predicted octanol–water partition coefficient (Wildman–Crippen LogP) is 2.58. The van der Waals surface area contributed by atoms with Gasteiger partial charge < -0.3 is 5.73 Å². The molecule has 3 nitrogen and oxygen atoms in total. The van der Waals surface area contributed by atoms with Crippen LogP contribution in [0.4, 0.5) is 0 Å². The van der Waals surface area contributed by atoms with E-state index in [9.17, 15) is 8.42 Å². The molecule has 0 aliphatic heterocycles. The van der Waals surface area contributed by atoms with Crippen molar-refractivity contribution >= 4 is 40.6 Å². The maximum atomic E-state index is 11.2. The molecular formula is C9H9BrClNO2S. The first-order valence-corrected chi connectivity index (χ1v) is 7.09. The second kappa shape index (κ2) is 4.55. The van der Waals surface area contributed by atoms with E-state index in [1.54, 1.807) is 25.1 Å². The number of hydrogen-bond donors (Lipinski definition) is 1. The molecule has 0 bridgehead atoms. The Labute approximate surface area is 101 Å². The molecule has 1 aromatic carbocycles. The molecule has 0 aromatic heterocycles. The summed E-state index contributed by atoms with van der Waals surface area (Å²) in [4.78, 5) is -0.0748. The average molecular weight is 311 g/mol. The van der Waals surface area contributed by atoms with Crippen molar-refractivity contribution in [2.75, 3.05) is 0 Å². The summed E-state index contributed by atoms with van der Waals surface area (Å²) < 4.78 is 23.3. The Balaban J connectivity index is 3.40. The van der Waals surface area contributed by atoms with Gasteiger partial charge in [-0.1, -0.05) is 22.0 Å². The minimum Gasteiger partial charge on any atom is -0.403 e. The first-order valence-electron chi connectivity index (χ1n) is 3.99. The molecule has 0 radical (unpaired) electrons. The van der Waals surface area contributed by atoms with E-state index in [0.29, 0.717) is 5.56 Å².